The van der Waals surface area contributed by atoms with Gasteiger partial charge in [0.2, 0.25) is 0 Å². The van der Waals surface area contributed by atoms with Gasteiger partial charge in [0.05, 0.1) is 13.2 Å². The second kappa shape index (κ2) is 8.40. The zero-order valence-corrected chi connectivity index (χ0v) is 18.2. The number of aliphatic hydroxyl groups excluding tert-OH is 1. The van der Waals surface area contributed by atoms with Gasteiger partial charge in [0.25, 0.3) is 0 Å². The van der Waals surface area contributed by atoms with Crippen LogP contribution in [0.15, 0.2) is 23.8 Å². The van der Waals surface area contributed by atoms with Gasteiger partial charge < -0.3 is 14.6 Å². The minimum Gasteiger partial charge on any atom is -0.466 e. The van der Waals surface area contributed by atoms with E-state index in [1.54, 1.807) is 6.08 Å². The molecule has 5 heteroatoms. The number of carbonyl (C=O) groups excluding carboxylic acids is 2. The van der Waals surface area contributed by atoms with Crippen LogP contribution < -0.4 is 0 Å². The van der Waals surface area contributed by atoms with E-state index in [2.05, 4.69) is 27.4 Å². The molecule has 0 aromatic rings. The molecule has 28 heavy (non-hydrogen) atoms. The molecule has 0 bridgehead atoms. The molecular weight excluding hydrogens is 356 g/mol. The molecule has 0 aromatic heterocycles. The molecule has 2 saturated carbocycles. The normalized spacial score (nSPS) is 38.5. The second-order valence-corrected chi connectivity index (χ2v) is 9.25. The van der Waals surface area contributed by atoms with E-state index in [4.69, 9.17) is 9.47 Å². The Morgan fingerprint density at radius 1 is 1.29 bits per heavy atom. The third-order valence-corrected chi connectivity index (χ3v) is 7.59. The van der Waals surface area contributed by atoms with Crippen molar-refractivity contribution >= 4 is 11.9 Å². The summed E-state index contributed by atoms with van der Waals surface area (Å²) in [5.74, 6) is -0.104. The Hall–Kier alpha value is -1.62. The van der Waals surface area contributed by atoms with Gasteiger partial charge in [-0.15, -0.1) is 0 Å². The maximum Gasteiger partial charge on any atom is 0.330 e. The lowest BCUT2D eigenvalue weighted by Gasteiger charge is -2.61. The van der Waals surface area contributed by atoms with Gasteiger partial charge in [0.1, 0.15) is 6.10 Å². The van der Waals surface area contributed by atoms with Crippen molar-refractivity contribution in [1.82, 2.24) is 0 Å². The number of methoxy groups -OCH3 is 1. The number of rotatable bonds is 5. The SMILES string of the molecule is C=C1[C@@H](O)CC[C@@H]2[C@@](C)(CC/C(C)=C/C(=O)OC)[C@H](C)[C@H](OC(C)=O)C[C@@]12C. The van der Waals surface area contributed by atoms with E-state index in [1.165, 1.54) is 14.0 Å². The van der Waals surface area contributed by atoms with Crippen LogP contribution in [0.1, 0.15) is 66.7 Å². The average molecular weight is 393 g/mol. The van der Waals surface area contributed by atoms with Crippen molar-refractivity contribution in [2.24, 2.45) is 22.7 Å². The van der Waals surface area contributed by atoms with E-state index in [1.807, 2.05) is 6.92 Å². The maximum atomic E-state index is 11.7. The van der Waals surface area contributed by atoms with Crippen molar-refractivity contribution in [3.8, 4) is 0 Å². The zero-order valence-electron chi connectivity index (χ0n) is 18.2. The molecule has 0 radical (unpaired) electrons. The first-order valence-corrected chi connectivity index (χ1v) is 10.3. The van der Waals surface area contributed by atoms with Gasteiger partial charge in [-0.2, -0.15) is 0 Å². The summed E-state index contributed by atoms with van der Waals surface area (Å²) in [6.45, 7) is 14.2. The van der Waals surface area contributed by atoms with Crippen LogP contribution in [0.5, 0.6) is 0 Å². The summed E-state index contributed by atoms with van der Waals surface area (Å²) in [5.41, 5.74) is 1.45. The van der Waals surface area contributed by atoms with Crippen molar-refractivity contribution in [3.05, 3.63) is 23.8 Å². The number of aliphatic hydroxyl groups is 1. The Morgan fingerprint density at radius 3 is 2.50 bits per heavy atom. The van der Waals surface area contributed by atoms with E-state index in [-0.39, 0.29) is 34.8 Å². The van der Waals surface area contributed by atoms with Crippen LogP contribution in [0.3, 0.4) is 0 Å². The van der Waals surface area contributed by atoms with Crippen LogP contribution in [0.4, 0.5) is 0 Å². The summed E-state index contributed by atoms with van der Waals surface area (Å²) in [5, 5.41) is 10.5. The molecule has 5 nitrogen and oxygen atoms in total. The average Bonchev–Trinajstić information content (AvgIpc) is 2.62. The Morgan fingerprint density at radius 2 is 1.93 bits per heavy atom. The largest absolute Gasteiger partial charge is 0.466 e. The second-order valence-electron chi connectivity index (χ2n) is 9.25. The summed E-state index contributed by atoms with van der Waals surface area (Å²) < 4.78 is 10.5. The van der Waals surface area contributed by atoms with Crippen molar-refractivity contribution in [2.75, 3.05) is 7.11 Å². The number of allylic oxidation sites excluding steroid dienone is 1. The van der Waals surface area contributed by atoms with Crippen LogP contribution >= 0.6 is 0 Å². The molecule has 158 valence electrons. The first-order chi connectivity index (χ1) is 13.0. The van der Waals surface area contributed by atoms with E-state index in [9.17, 15) is 14.7 Å². The third-order valence-electron chi connectivity index (χ3n) is 7.59. The fraction of sp³-hybridized carbons (Fsp3) is 0.739. The highest BCUT2D eigenvalue weighted by atomic mass is 16.5. The first kappa shape index (κ1) is 22.7. The van der Waals surface area contributed by atoms with E-state index in [0.717, 1.165) is 36.8 Å². The summed E-state index contributed by atoms with van der Waals surface area (Å²) in [4.78, 5) is 23.3. The summed E-state index contributed by atoms with van der Waals surface area (Å²) in [6.07, 6.45) is 4.80. The Balaban J connectivity index is 2.36. The standard InChI is InChI=1S/C23H36O5/c1-14(12-21(26)27-7)10-11-22(5)16(3)19(28-17(4)24)13-23(6)15(2)18(25)8-9-20(22)23/h12,16,18-20,25H,2,8-11,13H2,1,3-7H3/b14-12+/t16-,18+,19-,20-,22+,23+/m1/s1. The van der Waals surface area contributed by atoms with E-state index >= 15 is 0 Å². The summed E-state index contributed by atoms with van der Waals surface area (Å²) >= 11 is 0. The summed E-state index contributed by atoms with van der Waals surface area (Å²) in [6, 6.07) is 0. The number of hydrogen-bond donors (Lipinski definition) is 1. The van der Waals surface area contributed by atoms with Crippen LogP contribution in [-0.2, 0) is 19.1 Å². The molecule has 0 aliphatic heterocycles. The predicted octanol–water partition coefficient (Wildman–Crippen LogP) is 4.20. The first-order valence-electron chi connectivity index (χ1n) is 10.3. The van der Waals surface area contributed by atoms with Gasteiger partial charge in [0, 0.05) is 13.0 Å². The number of carbonyl (C=O) groups is 2. The Kier molecular flexibility index (Phi) is 6.80. The monoisotopic (exact) mass is 392 g/mol. The lowest BCUT2D eigenvalue weighted by molar-refractivity contribution is -0.173. The topological polar surface area (TPSA) is 72.8 Å². The lowest BCUT2D eigenvalue weighted by Crippen LogP contribution is -2.58. The van der Waals surface area contributed by atoms with Gasteiger partial charge in [-0.3, -0.25) is 4.79 Å². The smallest absolute Gasteiger partial charge is 0.330 e. The van der Waals surface area contributed by atoms with Crippen LogP contribution in [0.2, 0.25) is 0 Å². The van der Waals surface area contributed by atoms with Crippen molar-refractivity contribution in [1.29, 1.82) is 0 Å². The van der Waals surface area contributed by atoms with Crippen molar-refractivity contribution in [3.63, 3.8) is 0 Å². The molecule has 0 amide bonds. The van der Waals surface area contributed by atoms with E-state index in [0.29, 0.717) is 12.3 Å². The molecule has 6 atom stereocenters. The Bertz CT molecular complexity index is 666. The van der Waals surface area contributed by atoms with E-state index < -0.39 is 6.10 Å². The van der Waals surface area contributed by atoms with Crippen LogP contribution in [0, 0.1) is 22.7 Å². The minimum absolute atomic E-state index is 0.110. The number of fused-ring (bicyclic) bond motifs is 1. The maximum absolute atomic E-state index is 11.7. The molecule has 2 aliphatic carbocycles. The molecule has 1 N–H and O–H groups in total. The number of ether oxygens (including phenoxy) is 2. The minimum atomic E-state index is -0.502. The lowest BCUT2D eigenvalue weighted by atomic mass is 9.45. The molecular formula is C23H36O5. The molecule has 2 fully saturated rings. The third kappa shape index (κ3) is 4.19. The van der Waals surface area contributed by atoms with Crippen molar-refractivity contribution in [2.45, 2.75) is 78.9 Å². The molecule has 0 saturated heterocycles. The predicted molar refractivity (Wildman–Crippen MR) is 108 cm³/mol. The molecule has 0 aromatic carbocycles. The van der Waals surface area contributed by atoms with Crippen LogP contribution in [0.25, 0.3) is 0 Å². The van der Waals surface area contributed by atoms with Gasteiger partial charge >= 0.3 is 11.9 Å². The number of hydrogen-bond acceptors (Lipinski definition) is 5. The molecule has 0 unspecified atom stereocenters. The van der Waals surface area contributed by atoms with Gasteiger partial charge in [-0.1, -0.05) is 32.9 Å². The van der Waals surface area contributed by atoms with Crippen LogP contribution in [-0.4, -0.2) is 36.4 Å². The molecule has 0 heterocycles. The van der Waals surface area contributed by atoms with Crippen molar-refractivity contribution < 1.29 is 24.2 Å². The zero-order chi connectivity index (χ0) is 21.3. The molecule has 0 spiro atoms. The highest BCUT2D eigenvalue weighted by Crippen LogP contribution is 2.63. The molecule has 2 rings (SSSR count). The fourth-order valence-corrected chi connectivity index (χ4v) is 5.65. The molecule has 2 aliphatic rings. The highest BCUT2D eigenvalue weighted by Gasteiger charge is 2.59. The fourth-order valence-electron chi connectivity index (χ4n) is 5.65. The quantitative estimate of drug-likeness (QED) is 0.431. The Labute approximate surface area is 169 Å². The number of esters is 2. The highest BCUT2D eigenvalue weighted by molar-refractivity contribution is 5.82. The van der Waals surface area contributed by atoms with Gasteiger partial charge in [-0.25, -0.2) is 4.79 Å². The van der Waals surface area contributed by atoms with Gasteiger partial charge in [-0.05, 0) is 67.3 Å². The van der Waals surface area contributed by atoms with Gasteiger partial charge in [0.15, 0.2) is 0 Å². The summed E-state index contributed by atoms with van der Waals surface area (Å²) in [7, 11) is 1.38.